The van der Waals surface area contributed by atoms with Gasteiger partial charge >= 0.3 is 0 Å². The number of nitrogens with zero attached hydrogens (tertiary/aromatic N) is 4. The Kier molecular flexibility index (Phi) is 5.09. The molecule has 3 aromatic rings. The Morgan fingerprint density at radius 3 is 2.77 bits per heavy atom. The summed E-state index contributed by atoms with van der Waals surface area (Å²) in [6.07, 6.45) is 8.39. The molecular formula is C21H25N5. The van der Waals surface area contributed by atoms with Crippen molar-refractivity contribution in [3.63, 3.8) is 0 Å². The molecule has 1 aliphatic rings. The van der Waals surface area contributed by atoms with Crippen LogP contribution in [-0.4, -0.2) is 45.8 Å². The minimum absolute atomic E-state index is 0.640. The van der Waals surface area contributed by atoms with E-state index < -0.39 is 0 Å². The van der Waals surface area contributed by atoms with Crippen LogP contribution in [0.2, 0.25) is 0 Å². The Balaban J connectivity index is 1.56. The highest BCUT2D eigenvalue weighted by Crippen LogP contribution is 2.23. The topological polar surface area (TPSA) is 46.0 Å². The van der Waals surface area contributed by atoms with E-state index >= 15 is 0 Å². The van der Waals surface area contributed by atoms with E-state index in [9.17, 15) is 0 Å². The largest absolute Gasteiger partial charge is 0.311 e. The quantitative estimate of drug-likeness (QED) is 0.744. The number of likely N-dealkylation sites (tertiary alicyclic amines) is 1. The molecule has 3 heterocycles. The molecule has 2 aromatic heterocycles. The fourth-order valence-corrected chi connectivity index (χ4v) is 3.61. The molecule has 0 bridgehead atoms. The number of pyridine rings is 1. The van der Waals surface area contributed by atoms with E-state index in [-0.39, 0.29) is 0 Å². The van der Waals surface area contributed by atoms with Crippen molar-refractivity contribution in [3.05, 3.63) is 66.6 Å². The van der Waals surface area contributed by atoms with Gasteiger partial charge in [0.2, 0.25) is 0 Å². The molecule has 5 heteroatoms. The van der Waals surface area contributed by atoms with Crippen LogP contribution >= 0.6 is 0 Å². The standard InChI is InChI=1S/C21H25N5/c1-25-12-6-10-20(25)15-23-14-18-16-26(19-8-3-2-4-9-19)24-21(18)17-7-5-11-22-13-17/h2-5,7-9,11,13,16,20,23H,6,10,12,14-15H2,1H3/t20-/m1/s1. The lowest BCUT2D eigenvalue weighted by Gasteiger charge is -2.19. The molecule has 26 heavy (non-hydrogen) atoms. The Morgan fingerprint density at radius 2 is 2.04 bits per heavy atom. The predicted octanol–water partition coefficient (Wildman–Crippen LogP) is 3.12. The van der Waals surface area contributed by atoms with Gasteiger partial charge in [0.15, 0.2) is 0 Å². The van der Waals surface area contributed by atoms with E-state index in [4.69, 9.17) is 5.10 Å². The Morgan fingerprint density at radius 1 is 1.15 bits per heavy atom. The van der Waals surface area contributed by atoms with E-state index in [0.29, 0.717) is 6.04 Å². The maximum absolute atomic E-state index is 4.84. The van der Waals surface area contributed by atoms with Crippen LogP contribution < -0.4 is 5.32 Å². The molecule has 0 aliphatic carbocycles. The van der Waals surface area contributed by atoms with Crippen LogP contribution in [0.5, 0.6) is 0 Å². The first kappa shape index (κ1) is 16.9. The van der Waals surface area contributed by atoms with Crippen LogP contribution in [0.4, 0.5) is 0 Å². The number of para-hydroxylation sites is 1. The van der Waals surface area contributed by atoms with Crippen molar-refractivity contribution in [1.82, 2.24) is 25.0 Å². The van der Waals surface area contributed by atoms with E-state index in [1.54, 1.807) is 6.20 Å². The van der Waals surface area contributed by atoms with Gasteiger partial charge in [-0.2, -0.15) is 5.10 Å². The van der Waals surface area contributed by atoms with Gasteiger partial charge in [0.05, 0.1) is 11.4 Å². The summed E-state index contributed by atoms with van der Waals surface area (Å²) in [7, 11) is 2.22. The first-order valence-corrected chi connectivity index (χ1v) is 9.26. The van der Waals surface area contributed by atoms with Crippen LogP contribution in [0, 0.1) is 0 Å². The molecule has 134 valence electrons. The summed E-state index contributed by atoms with van der Waals surface area (Å²) in [4.78, 5) is 6.71. The Bertz CT molecular complexity index is 828. The highest BCUT2D eigenvalue weighted by Gasteiger charge is 2.20. The second kappa shape index (κ2) is 7.81. The monoisotopic (exact) mass is 347 g/mol. The molecule has 1 fully saturated rings. The zero-order valence-electron chi connectivity index (χ0n) is 15.2. The van der Waals surface area contributed by atoms with Crippen molar-refractivity contribution in [1.29, 1.82) is 0 Å². The molecule has 1 aliphatic heterocycles. The molecule has 1 atom stereocenters. The van der Waals surface area contributed by atoms with Gasteiger partial charge < -0.3 is 10.2 Å². The molecule has 1 saturated heterocycles. The van der Waals surface area contributed by atoms with Gasteiger partial charge in [0, 0.05) is 48.8 Å². The lowest BCUT2D eigenvalue weighted by atomic mass is 10.1. The molecule has 0 spiro atoms. The predicted molar refractivity (Wildman–Crippen MR) is 104 cm³/mol. The molecule has 0 radical (unpaired) electrons. The van der Waals surface area contributed by atoms with Gasteiger partial charge in [-0.25, -0.2) is 4.68 Å². The van der Waals surface area contributed by atoms with Gasteiger partial charge in [-0.3, -0.25) is 4.98 Å². The molecule has 1 aromatic carbocycles. The SMILES string of the molecule is CN1CCC[C@@H]1CNCc1cn(-c2ccccc2)nc1-c1cccnc1. The third-order valence-electron chi connectivity index (χ3n) is 5.11. The van der Waals surface area contributed by atoms with Crippen molar-refractivity contribution < 1.29 is 0 Å². The van der Waals surface area contributed by atoms with Crippen LogP contribution in [0.25, 0.3) is 16.9 Å². The van der Waals surface area contributed by atoms with Crippen molar-refractivity contribution >= 4 is 0 Å². The Labute approximate surface area is 154 Å². The zero-order valence-corrected chi connectivity index (χ0v) is 15.2. The molecule has 5 nitrogen and oxygen atoms in total. The van der Waals surface area contributed by atoms with Crippen LogP contribution in [0.15, 0.2) is 61.1 Å². The van der Waals surface area contributed by atoms with Crippen molar-refractivity contribution in [3.8, 4) is 16.9 Å². The number of benzene rings is 1. The zero-order chi connectivity index (χ0) is 17.8. The fraction of sp³-hybridized carbons (Fsp3) is 0.333. The lowest BCUT2D eigenvalue weighted by Crippen LogP contribution is -2.35. The molecule has 0 saturated carbocycles. The molecule has 1 N–H and O–H groups in total. The molecular weight excluding hydrogens is 322 g/mol. The summed E-state index contributed by atoms with van der Waals surface area (Å²) in [5.41, 5.74) is 4.31. The van der Waals surface area contributed by atoms with Crippen LogP contribution in [0.3, 0.4) is 0 Å². The smallest absolute Gasteiger partial charge is 0.0988 e. The first-order valence-electron chi connectivity index (χ1n) is 9.26. The lowest BCUT2D eigenvalue weighted by molar-refractivity contribution is 0.300. The number of likely N-dealkylation sites (N-methyl/N-ethyl adjacent to an activating group) is 1. The highest BCUT2D eigenvalue weighted by molar-refractivity contribution is 5.62. The first-order chi connectivity index (χ1) is 12.8. The normalized spacial score (nSPS) is 17.7. The van der Waals surface area contributed by atoms with E-state index in [1.165, 1.54) is 24.9 Å². The highest BCUT2D eigenvalue weighted by atomic mass is 15.3. The van der Waals surface area contributed by atoms with Gasteiger partial charge in [0.25, 0.3) is 0 Å². The third-order valence-corrected chi connectivity index (χ3v) is 5.11. The molecule has 0 unspecified atom stereocenters. The average molecular weight is 347 g/mol. The van der Waals surface area contributed by atoms with Crippen molar-refractivity contribution in [2.24, 2.45) is 0 Å². The minimum atomic E-state index is 0.640. The molecule has 4 rings (SSSR count). The van der Waals surface area contributed by atoms with Crippen LogP contribution in [-0.2, 0) is 6.54 Å². The summed E-state index contributed by atoms with van der Waals surface area (Å²) >= 11 is 0. The van der Waals surface area contributed by atoms with Gasteiger partial charge in [-0.15, -0.1) is 0 Å². The van der Waals surface area contributed by atoms with Gasteiger partial charge in [-0.05, 0) is 50.7 Å². The number of rotatable bonds is 6. The van der Waals surface area contributed by atoms with Crippen molar-refractivity contribution in [2.75, 3.05) is 20.1 Å². The second-order valence-electron chi connectivity index (χ2n) is 6.93. The van der Waals surface area contributed by atoms with Crippen LogP contribution in [0.1, 0.15) is 18.4 Å². The number of hydrogen-bond acceptors (Lipinski definition) is 4. The van der Waals surface area contributed by atoms with E-state index in [0.717, 1.165) is 30.0 Å². The average Bonchev–Trinajstić information content (AvgIpc) is 3.30. The maximum Gasteiger partial charge on any atom is 0.0988 e. The van der Waals surface area contributed by atoms with Crippen molar-refractivity contribution in [2.45, 2.75) is 25.4 Å². The third kappa shape index (κ3) is 3.69. The van der Waals surface area contributed by atoms with Gasteiger partial charge in [0.1, 0.15) is 0 Å². The summed E-state index contributed by atoms with van der Waals surface area (Å²) in [5.74, 6) is 0. The van der Waals surface area contributed by atoms with E-state index in [2.05, 4.69) is 46.6 Å². The molecule has 0 amide bonds. The number of nitrogens with one attached hydrogen (secondary N) is 1. The maximum atomic E-state index is 4.84. The number of hydrogen-bond donors (Lipinski definition) is 1. The minimum Gasteiger partial charge on any atom is -0.311 e. The fourth-order valence-electron chi connectivity index (χ4n) is 3.61. The summed E-state index contributed by atoms with van der Waals surface area (Å²) in [6.45, 7) is 3.03. The second-order valence-corrected chi connectivity index (χ2v) is 6.93. The Hall–Kier alpha value is -2.50. The van der Waals surface area contributed by atoms with Gasteiger partial charge in [-0.1, -0.05) is 18.2 Å². The summed E-state index contributed by atoms with van der Waals surface area (Å²) < 4.78 is 1.96. The van der Waals surface area contributed by atoms with E-state index in [1.807, 2.05) is 35.1 Å². The number of aromatic nitrogens is 3. The summed E-state index contributed by atoms with van der Waals surface area (Å²) in [5, 5.41) is 8.48. The summed E-state index contributed by atoms with van der Waals surface area (Å²) in [6, 6.07) is 14.9.